The number of hydrogen-bond donors (Lipinski definition) is 0. The van der Waals surface area contributed by atoms with E-state index < -0.39 is 23.1 Å². The predicted octanol–water partition coefficient (Wildman–Crippen LogP) is 6.85. The average Bonchev–Trinajstić information content (AvgIpc) is 3.98. The first-order chi connectivity index (χ1) is 25.0. The van der Waals surface area contributed by atoms with Crippen LogP contribution in [0.4, 0.5) is 0 Å². The number of nitriles is 4. The number of fused-ring (bicyclic) bond motifs is 9. The van der Waals surface area contributed by atoms with Gasteiger partial charge in [0.05, 0.1) is 74.3 Å². The summed E-state index contributed by atoms with van der Waals surface area (Å²) in [7, 11) is 5.71. The molecule has 0 unspecified atom stereocenters. The van der Waals surface area contributed by atoms with Gasteiger partial charge >= 0.3 is 0 Å². The number of aromatic nitrogens is 3. The molecule has 0 bridgehead atoms. The summed E-state index contributed by atoms with van der Waals surface area (Å²) in [6, 6.07) is 16.8. The molecule has 2 aliphatic carbocycles. The van der Waals surface area contributed by atoms with E-state index in [4.69, 9.17) is 0 Å². The van der Waals surface area contributed by atoms with Crippen LogP contribution >= 0.6 is 22.7 Å². The highest BCUT2D eigenvalue weighted by Gasteiger charge is 2.36. The Morgan fingerprint density at radius 3 is 1.08 bits per heavy atom. The minimum absolute atomic E-state index is 0.0307. The van der Waals surface area contributed by atoms with Crippen LogP contribution in [0.1, 0.15) is 75.1 Å². The van der Waals surface area contributed by atoms with Gasteiger partial charge in [0.15, 0.2) is 23.1 Å². The van der Waals surface area contributed by atoms with Gasteiger partial charge in [-0.1, -0.05) is 0 Å². The number of carbonyl (C=O) groups excluding carboxylic acids is 4. The summed E-state index contributed by atoms with van der Waals surface area (Å²) in [6.07, 6.45) is 3.13. The molecule has 2 aliphatic rings. The van der Waals surface area contributed by atoms with Crippen molar-refractivity contribution in [2.45, 2.75) is 0 Å². The van der Waals surface area contributed by atoms with E-state index in [0.717, 1.165) is 40.9 Å². The Hall–Kier alpha value is -7.16. The number of rotatable bonds is 2. The molecule has 244 valence electrons. The van der Waals surface area contributed by atoms with Gasteiger partial charge in [-0.2, -0.15) is 21.0 Å². The van der Waals surface area contributed by atoms with Gasteiger partial charge in [0, 0.05) is 54.8 Å². The number of nitrogens with zero attached hydrogens (tertiary/aromatic N) is 7. The van der Waals surface area contributed by atoms with Gasteiger partial charge in [-0.25, -0.2) is 0 Å². The van der Waals surface area contributed by atoms with Crippen molar-refractivity contribution < 1.29 is 19.2 Å². The molecule has 0 N–H and O–H groups in total. The fourth-order valence-electron chi connectivity index (χ4n) is 7.41. The summed E-state index contributed by atoms with van der Waals surface area (Å²) in [4.78, 5) is 53.4. The fourth-order valence-corrected chi connectivity index (χ4v) is 10.2. The summed E-state index contributed by atoms with van der Waals surface area (Å²) in [5.74, 6) is -1.96. The van der Waals surface area contributed by atoms with Gasteiger partial charge in [0.1, 0.15) is 24.3 Å². The number of ketones is 4. The molecule has 52 heavy (non-hydrogen) atoms. The Morgan fingerprint density at radius 1 is 0.481 bits per heavy atom. The number of allylic oxidation sites excluding steroid dienone is 2. The molecule has 13 heteroatoms. The average molecular weight is 712 g/mol. The summed E-state index contributed by atoms with van der Waals surface area (Å²) < 4.78 is 10.1. The molecule has 5 heterocycles. The smallest absolute Gasteiger partial charge is 0.197 e. The number of carbonyl (C=O) groups is 4. The van der Waals surface area contributed by atoms with Gasteiger partial charge in [0.2, 0.25) is 0 Å². The lowest BCUT2D eigenvalue weighted by Crippen LogP contribution is -2.02. The van der Waals surface area contributed by atoms with Crippen molar-refractivity contribution in [3.05, 3.63) is 103 Å². The molecule has 9 rings (SSSR count). The number of aryl methyl sites for hydroxylation is 3. The number of benzene rings is 2. The van der Waals surface area contributed by atoms with E-state index in [1.165, 1.54) is 24.3 Å². The molecule has 0 amide bonds. The van der Waals surface area contributed by atoms with Crippen LogP contribution in [0.15, 0.2) is 47.5 Å². The quantitative estimate of drug-likeness (QED) is 0.138. The van der Waals surface area contributed by atoms with E-state index in [1.807, 2.05) is 66.7 Å². The highest BCUT2D eigenvalue weighted by atomic mass is 32.1. The summed E-state index contributed by atoms with van der Waals surface area (Å²) in [5.41, 5.74) is 5.64. The van der Waals surface area contributed by atoms with Crippen LogP contribution in [0, 0.1) is 45.3 Å². The van der Waals surface area contributed by atoms with Gasteiger partial charge in [-0.3, -0.25) is 19.2 Å². The van der Waals surface area contributed by atoms with E-state index in [0.29, 0.717) is 11.4 Å². The molecule has 2 aromatic carbocycles. The minimum atomic E-state index is -0.490. The molecule has 0 saturated heterocycles. The van der Waals surface area contributed by atoms with E-state index in [1.54, 1.807) is 34.8 Å². The third-order valence-corrected chi connectivity index (χ3v) is 12.4. The van der Waals surface area contributed by atoms with Crippen LogP contribution in [-0.2, 0) is 21.1 Å². The van der Waals surface area contributed by atoms with Crippen molar-refractivity contribution in [2.75, 3.05) is 0 Å². The van der Waals surface area contributed by atoms with Crippen molar-refractivity contribution in [3.63, 3.8) is 0 Å². The second kappa shape index (κ2) is 10.4. The van der Waals surface area contributed by atoms with E-state index in [2.05, 4.69) is 4.57 Å². The molecular weight excluding hydrogens is 695 g/mol. The molecule has 0 fully saturated rings. The minimum Gasteiger partial charge on any atom is -0.342 e. The zero-order chi connectivity index (χ0) is 36.5. The van der Waals surface area contributed by atoms with Crippen LogP contribution in [0.3, 0.4) is 0 Å². The van der Waals surface area contributed by atoms with Gasteiger partial charge in [-0.15, -0.1) is 22.7 Å². The van der Waals surface area contributed by atoms with Crippen LogP contribution in [-0.4, -0.2) is 36.8 Å². The molecule has 0 aliphatic heterocycles. The summed E-state index contributed by atoms with van der Waals surface area (Å²) >= 11 is 3.20. The van der Waals surface area contributed by atoms with Crippen LogP contribution in [0.2, 0.25) is 0 Å². The SMILES string of the molecule is Cn1c(C=C2C(=O)c3cc(C#N)c(C#N)cc3C2=O)cc2sc3c4sc5cc(C=C6C(=O)c7cc(C#N)c(C#N)cc7C6=O)n(C)c5c4n(C)c3c21. The van der Waals surface area contributed by atoms with Crippen molar-refractivity contribution >= 4 is 98.8 Å². The maximum Gasteiger partial charge on any atom is 0.197 e. The molecule has 7 aromatic rings. The third-order valence-electron chi connectivity index (χ3n) is 9.99. The lowest BCUT2D eigenvalue weighted by atomic mass is 10.0. The normalized spacial score (nSPS) is 13.7. The van der Waals surface area contributed by atoms with Gasteiger partial charge in [-0.05, 0) is 48.6 Å². The number of thiophene rings is 2. The lowest BCUT2D eigenvalue weighted by Gasteiger charge is -2.04. The van der Waals surface area contributed by atoms with Crippen molar-refractivity contribution in [2.24, 2.45) is 21.1 Å². The largest absolute Gasteiger partial charge is 0.342 e. The Kier molecular flexibility index (Phi) is 6.19. The van der Waals surface area contributed by atoms with E-state index >= 15 is 0 Å². The molecule has 0 saturated carbocycles. The first-order valence-corrected chi connectivity index (χ1v) is 17.2. The molecule has 0 atom stereocenters. The zero-order valence-electron chi connectivity index (χ0n) is 27.2. The second-order valence-corrected chi connectivity index (χ2v) is 14.7. The predicted molar refractivity (Wildman–Crippen MR) is 194 cm³/mol. The zero-order valence-corrected chi connectivity index (χ0v) is 28.8. The maximum absolute atomic E-state index is 13.3. The van der Waals surface area contributed by atoms with Gasteiger partial charge in [0.25, 0.3) is 0 Å². The highest BCUT2D eigenvalue weighted by Crippen LogP contribution is 2.48. The molecule has 5 aromatic heterocycles. The molecule has 0 spiro atoms. The fraction of sp³-hybridized carbons (Fsp3) is 0.0769. The van der Waals surface area contributed by atoms with Crippen LogP contribution in [0.25, 0.3) is 53.0 Å². The van der Waals surface area contributed by atoms with Crippen molar-refractivity contribution in [1.82, 2.24) is 13.7 Å². The van der Waals surface area contributed by atoms with Crippen LogP contribution in [0.5, 0.6) is 0 Å². The standard InChI is InChI=1S/C39H17N7O4S2/c1-44-20(8-26-34(47)22-4-16(12-40)17(13-41)5-23(22)35(26)48)10-28-30(44)32-38(51-28)39-33(46(32)3)31-29(52-39)11-21(45(31)2)9-27-36(49)24-6-18(14-42)19(15-43)7-25(24)37(27)50/h4-11H,1-3H3. The Labute approximate surface area is 300 Å². The number of hydrogen-bond acceptors (Lipinski definition) is 10. The van der Waals surface area contributed by atoms with Crippen LogP contribution < -0.4 is 0 Å². The topological polar surface area (TPSA) is 178 Å². The Morgan fingerprint density at radius 2 is 0.788 bits per heavy atom. The second-order valence-electron chi connectivity index (χ2n) is 12.6. The monoisotopic (exact) mass is 711 g/mol. The van der Waals surface area contributed by atoms with Crippen molar-refractivity contribution in [1.29, 1.82) is 21.0 Å². The van der Waals surface area contributed by atoms with Gasteiger partial charge < -0.3 is 13.7 Å². The molecule has 11 nitrogen and oxygen atoms in total. The van der Waals surface area contributed by atoms with Crippen molar-refractivity contribution in [3.8, 4) is 24.3 Å². The maximum atomic E-state index is 13.3. The third kappa shape index (κ3) is 3.78. The number of Topliss-reactive ketones (excluding diaryl/α,β-unsaturated/α-hetero) is 4. The molecule has 0 radical (unpaired) electrons. The van der Waals surface area contributed by atoms with E-state index in [9.17, 15) is 40.2 Å². The van der Waals surface area contributed by atoms with E-state index in [-0.39, 0.29) is 55.7 Å². The Bertz CT molecular complexity index is 2910. The summed E-state index contributed by atoms with van der Waals surface area (Å²) in [6.45, 7) is 0. The first-order valence-electron chi connectivity index (χ1n) is 15.6. The highest BCUT2D eigenvalue weighted by molar-refractivity contribution is 7.33. The lowest BCUT2D eigenvalue weighted by molar-refractivity contribution is 0.0975. The Balaban J connectivity index is 1.14. The first kappa shape index (κ1) is 30.9. The molecular formula is C39H17N7O4S2. The summed E-state index contributed by atoms with van der Waals surface area (Å²) in [5, 5.41) is 37.7.